The van der Waals surface area contributed by atoms with Crippen molar-refractivity contribution in [2.45, 2.75) is 6.18 Å². The Morgan fingerprint density at radius 3 is 2.79 bits per heavy atom. The van der Waals surface area contributed by atoms with Gasteiger partial charge in [-0.2, -0.15) is 13.2 Å². The second-order valence-electron chi connectivity index (χ2n) is 4.00. The zero-order chi connectivity index (χ0) is 13.7. The first-order chi connectivity index (χ1) is 9.04. The van der Waals surface area contributed by atoms with Gasteiger partial charge in [-0.3, -0.25) is 4.98 Å². The first-order valence-electron chi connectivity index (χ1n) is 5.80. The quantitative estimate of drug-likeness (QED) is 0.848. The van der Waals surface area contributed by atoms with E-state index < -0.39 is 12.7 Å². The number of hydrogen-bond donors (Lipinski definition) is 1. The van der Waals surface area contributed by atoms with Crippen molar-refractivity contribution in [2.75, 3.05) is 19.7 Å². The largest absolute Gasteiger partial charge is 0.491 e. The highest BCUT2D eigenvalue weighted by atomic mass is 19.4. The number of fused-ring (bicyclic) bond motifs is 1. The van der Waals surface area contributed by atoms with Gasteiger partial charge in [0.05, 0.1) is 18.3 Å². The van der Waals surface area contributed by atoms with Crippen molar-refractivity contribution in [3.8, 4) is 5.75 Å². The van der Waals surface area contributed by atoms with Gasteiger partial charge in [0, 0.05) is 11.9 Å². The number of pyridine rings is 1. The number of nitrogens with one attached hydrogen (secondary N) is 1. The number of alkyl halides is 3. The van der Waals surface area contributed by atoms with Crippen LogP contribution in [-0.4, -0.2) is 30.9 Å². The number of nitrogens with zero attached hydrogens (tertiary/aromatic N) is 1. The van der Waals surface area contributed by atoms with Crippen molar-refractivity contribution < 1.29 is 17.9 Å². The minimum atomic E-state index is -4.19. The molecule has 0 aliphatic rings. The van der Waals surface area contributed by atoms with Crippen LogP contribution in [0.2, 0.25) is 0 Å². The normalized spacial score (nSPS) is 11.7. The topological polar surface area (TPSA) is 34.1 Å². The summed E-state index contributed by atoms with van der Waals surface area (Å²) in [7, 11) is 0. The fraction of sp³-hybridized carbons (Fsp3) is 0.308. The van der Waals surface area contributed by atoms with E-state index in [0.717, 1.165) is 10.9 Å². The van der Waals surface area contributed by atoms with Crippen LogP contribution in [0.25, 0.3) is 10.9 Å². The zero-order valence-electron chi connectivity index (χ0n) is 10.1. The molecule has 0 amide bonds. The Labute approximate surface area is 108 Å². The van der Waals surface area contributed by atoms with Crippen LogP contribution in [0.1, 0.15) is 0 Å². The Morgan fingerprint density at radius 2 is 2.00 bits per heavy atom. The summed E-state index contributed by atoms with van der Waals surface area (Å²) in [5.74, 6) is 0.549. The summed E-state index contributed by atoms with van der Waals surface area (Å²) < 4.78 is 40.9. The van der Waals surface area contributed by atoms with Crippen LogP contribution in [0.4, 0.5) is 13.2 Å². The third kappa shape index (κ3) is 4.40. The molecule has 0 spiro atoms. The number of ether oxygens (including phenoxy) is 1. The predicted molar refractivity (Wildman–Crippen MR) is 66.2 cm³/mol. The molecule has 1 heterocycles. The van der Waals surface area contributed by atoms with Crippen LogP contribution in [0.15, 0.2) is 36.5 Å². The Kier molecular flexibility index (Phi) is 4.21. The molecule has 2 rings (SSSR count). The third-order valence-electron chi connectivity index (χ3n) is 2.44. The Balaban J connectivity index is 1.82. The van der Waals surface area contributed by atoms with Crippen LogP contribution in [0, 0.1) is 0 Å². The van der Waals surface area contributed by atoms with Crippen molar-refractivity contribution >= 4 is 10.9 Å². The van der Waals surface area contributed by atoms with Crippen molar-refractivity contribution in [3.63, 3.8) is 0 Å². The molecular weight excluding hydrogens is 257 g/mol. The molecule has 19 heavy (non-hydrogen) atoms. The standard InChI is InChI=1S/C13H13F3N2O/c14-13(15,16)9-17-5-6-19-11-7-10-3-1-2-4-12(10)18-8-11/h1-4,7-8,17H,5-6,9H2. The molecule has 0 aliphatic heterocycles. The lowest BCUT2D eigenvalue weighted by atomic mass is 10.2. The SMILES string of the molecule is FC(F)(F)CNCCOc1cnc2ccccc2c1. The van der Waals surface area contributed by atoms with Crippen LogP contribution in [-0.2, 0) is 0 Å². The van der Waals surface area contributed by atoms with E-state index in [9.17, 15) is 13.2 Å². The summed E-state index contributed by atoms with van der Waals surface area (Å²) >= 11 is 0. The maximum absolute atomic E-state index is 11.9. The predicted octanol–water partition coefficient (Wildman–Crippen LogP) is 2.77. The summed E-state index contributed by atoms with van der Waals surface area (Å²) in [5.41, 5.74) is 0.852. The Bertz CT molecular complexity index is 543. The summed E-state index contributed by atoms with van der Waals surface area (Å²) in [6.45, 7) is -0.714. The van der Waals surface area contributed by atoms with Gasteiger partial charge < -0.3 is 10.1 Å². The molecule has 0 aliphatic carbocycles. The second kappa shape index (κ2) is 5.88. The van der Waals surface area contributed by atoms with Crippen LogP contribution >= 0.6 is 0 Å². The molecule has 0 saturated heterocycles. The van der Waals surface area contributed by atoms with Crippen molar-refractivity contribution in [2.24, 2.45) is 0 Å². The van der Waals surface area contributed by atoms with Crippen LogP contribution in [0.3, 0.4) is 0 Å². The summed E-state index contributed by atoms with van der Waals surface area (Å²) in [6.07, 6.45) is -2.63. The van der Waals surface area contributed by atoms with Gasteiger partial charge in [0.1, 0.15) is 12.4 Å². The Hall–Kier alpha value is -1.82. The van der Waals surface area contributed by atoms with Crippen molar-refractivity contribution in [3.05, 3.63) is 36.5 Å². The lowest BCUT2D eigenvalue weighted by molar-refractivity contribution is -0.124. The molecular formula is C13H13F3N2O. The number of benzene rings is 1. The lowest BCUT2D eigenvalue weighted by Crippen LogP contribution is -2.31. The van der Waals surface area contributed by atoms with Crippen molar-refractivity contribution in [1.29, 1.82) is 0 Å². The smallest absolute Gasteiger partial charge is 0.401 e. The molecule has 0 bridgehead atoms. The average Bonchev–Trinajstić information content (AvgIpc) is 2.37. The van der Waals surface area contributed by atoms with Gasteiger partial charge in [0.25, 0.3) is 0 Å². The van der Waals surface area contributed by atoms with E-state index in [0.29, 0.717) is 5.75 Å². The van der Waals surface area contributed by atoms with Gasteiger partial charge in [-0.1, -0.05) is 18.2 Å². The Morgan fingerprint density at radius 1 is 1.21 bits per heavy atom. The number of aromatic nitrogens is 1. The zero-order valence-corrected chi connectivity index (χ0v) is 10.1. The monoisotopic (exact) mass is 270 g/mol. The van der Waals surface area contributed by atoms with Gasteiger partial charge in [-0.05, 0) is 12.1 Å². The van der Waals surface area contributed by atoms with E-state index in [4.69, 9.17) is 4.74 Å². The molecule has 0 unspecified atom stereocenters. The average molecular weight is 270 g/mol. The van der Waals surface area contributed by atoms with Gasteiger partial charge >= 0.3 is 6.18 Å². The van der Waals surface area contributed by atoms with Crippen LogP contribution < -0.4 is 10.1 Å². The van der Waals surface area contributed by atoms with Crippen molar-refractivity contribution in [1.82, 2.24) is 10.3 Å². The van der Waals surface area contributed by atoms with Gasteiger partial charge in [-0.15, -0.1) is 0 Å². The summed E-state index contributed by atoms with van der Waals surface area (Å²) in [4.78, 5) is 4.19. The molecule has 102 valence electrons. The summed E-state index contributed by atoms with van der Waals surface area (Å²) in [5, 5.41) is 3.20. The van der Waals surface area contributed by atoms with Gasteiger partial charge in [0.2, 0.25) is 0 Å². The van der Waals surface area contributed by atoms with E-state index >= 15 is 0 Å². The first-order valence-corrected chi connectivity index (χ1v) is 5.80. The molecule has 0 saturated carbocycles. The molecule has 0 atom stereocenters. The second-order valence-corrected chi connectivity index (χ2v) is 4.00. The molecule has 0 fully saturated rings. The maximum Gasteiger partial charge on any atom is 0.401 e. The minimum absolute atomic E-state index is 0.131. The number of rotatable bonds is 5. The fourth-order valence-electron chi connectivity index (χ4n) is 1.60. The number of para-hydroxylation sites is 1. The first kappa shape index (κ1) is 13.6. The molecule has 0 radical (unpaired) electrons. The fourth-order valence-corrected chi connectivity index (χ4v) is 1.60. The van der Waals surface area contributed by atoms with Gasteiger partial charge in [-0.25, -0.2) is 0 Å². The van der Waals surface area contributed by atoms with E-state index in [1.165, 1.54) is 0 Å². The third-order valence-corrected chi connectivity index (χ3v) is 2.44. The number of hydrogen-bond acceptors (Lipinski definition) is 3. The highest BCUT2D eigenvalue weighted by Crippen LogP contribution is 2.17. The molecule has 1 aromatic carbocycles. The van der Waals surface area contributed by atoms with Gasteiger partial charge in [0.15, 0.2) is 0 Å². The molecule has 3 nitrogen and oxygen atoms in total. The van der Waals surface area contributed by atoms with E-state index in [-0.39, 0.29) is 13.2 Å². The highest BCUT2D eigenvalue weighted by molar-refractivity contribution is 5.79. The molecule has 1 N–H and O–H groups in total. The maximum atomic E-state index is 11.9. The highest BCUT2D eigenvalue weighted by Gasteiger charge is 2.25. The van der Waals surface area contributed by atoms with Crippen LogP contribution in [0.5, 0.6) is 5.75 Å². The lowest BCUT2D eigenvalue weighted by Gasteiger charge is -2.09. The van der Waals surface area contributed by atoms with E-state index in [1.54, 1.807) is 6.20 Å². The summed E-state index contributed by atoms with van der Waals surface area (Å²) in [6, 6.07) is 9.36. The molecule has 6 heteroatoms. The van der Waals surface area contributed by atoms with E-state index in [2.05, 4.69) is 10.3 Å². The van der Waals surface area contributed by atoms with E-state index in [1.807, 2.05) is 30.3 Å². The number of halogens is 3. The minimum Gasteiger partial charge on any atom is -0.491 e. The molecule has 2 aromatic rings. The molecule has 1 aromatic heterocycles.